The number of nitrogens with zero attached hydrogens (tertiary/aromatic N) is 2. The molecule has 1 aliphatic rings. The fourth-order valence-corrected chi connectivity index (χ4v) is 3.99. The van der Waals surface area contributed by atoms with Crippen molar-refractivity contribution in [1.29, 1.82) is 0 Å². The van der Waals surface area contributed by atoms with E-state index in [1.807, 2.05) is 30.5 Å². The summed E-state index contributed by atoms with van der Waals surface area (Å²) in [7, 11) is 0. The Kier molecular flexibility index (Phi) is 3.97. The summed E-state index contributed by atoms with van der Waals surface area (Å²) in [6.45, 7) is 0. The summed E-state index contributed by atoms with van der Waals surface area (Å²) in [5.74, 6) is -0.228. The molecular formula is C24H20N2O2. The monoisotopic (exact) mass is 368 g/mol. The Morgan fingerprint density at radius 2 is 1.86 bits per heavy atom. The van der Waals surface area contributed by atoms with Crippen LogP contribution in [0.1, 0.15) is 41.1 Å². The van der Waals surface area contributed by atoms with Crippen molar-refractivity contribution in [3.63, 3.8) is 0 Å². The highest BCUT2D eigenvalue weighted by molar-refractivity contribution is 5.91. The molecular weight excluding hydrogens is 348 g/mol. The van der Waals surface area contributed by atoms with Gasteiger partial charge in [-0.2, -0.15) is 0 Å². The minimum absolute atomic E-state index is 0.292. The lowest BCUT2D eigenvalue weighted by Crippen LogP contribution is -2.08. The molecule has 28 heavy (non-hydrogen) atoms. The highest BCUT2D eigenvalue weighted by Crippen LogP contribution is 2.39. The van der Waals surface area contributed by atoms with Gasteiger partial charge in [-0.1, -0.05) is 24.6 Å². The van der Waals surface area contributed by atoms with Crippen LogP contribution >= 0.6 is 0 Å². The second-order valence-electron chi connectivity index (χ2n) is 7.40. The van der Waals surface area contributed by atoms with E-state index in [1.54, 1.807) is 18.3 Å². The molecule has 0 bridgehead atoms. The third-order valence-corrected chi connectivity index (χ3v) is 5.73. The molecule has 0 unspecified atom stereocenters. The van der Waals surface area contributed by atoms with Crippen molar-refractivity contribution in [3.8, 4) is 16.9 Å². The highest BCUT2D eigenvalue weighted by Gasteiger charge is 2.21. The van der Waals surface area contributed by atoms with Gasteiger partial charge < -0.3 is 9.67 Å². The summed E-state index contributed by atoms with van der Waals surface area (Å²) >= 11 is 0. The predicted molar refractivity (Wildman–Crippen MR) is 110 cm³/mol. The van der Waals surface area contributed by atoms with Gasteiger partial charge in [0.1, 0.15) is 0 Å². The van der Waals surface area contributed by atoms with Gasteiger partial charge in [0.25, 0.3) is 0 Å². The number of carboxylic acid groups (broad SMARTS) is 1. The minimum Gasteiger partial charge on any atom is -0.478 e. The molecule has 2 heterocycles. The Bertz CT molecular complexity index is 1160. The van der Waals surface area contributed by atoms with E-state index in [0.717, 1.165) is 22.5 Å². The van der Waals surface area contributed by atoms with Gasteiger partial charge >= 0.3 is 5.97 Å². The summed E-state index contributed by atoms with van der Waals surface area (Å²) < 4.78 is 2.20. The number of carboxylic acids is 1. The van der Waals surface area contributed by atoms with E-state index in [4.69, 9.17) is 0 Å². The van der Waals surface area contributed by atoms with Crippen molar-refractivity contribution in [2.24, 2.45) is 0 Å². The smallest absolute Gasteiger partial charge is 0.335 e. The Balaban J connectivity index is 1.70. The van der Waals surface area contributed by atoms with Crippen LogP contribution in [0.15, 0.2) is 73.1 Å². The lowest BCUT2D eigenvalue weighted by Gasteiger charge is -2.25. The summed E-state index contributed by atoms with van der Waals surface area (Å²) in [6.07, 6.45) is 7.50. The summed E-state index contributed by atoms with van der Waals surface area (Å²) in [5.41, 5.74) is 5.84. The molecule has 4 aromatic rings. The third kappa shape index (κ3) is 2.78. The van der Waals surface area contributed by atoms with Crippen molar-refractivity contribution in [3.05, 3.63) is 84.2 Å². The molecule has 0 aliphatic heterocycles. The molecule has 1 aliphatic carbocycles. The molecule has 0 saturated heterocycles. The van der Waals surface area contributed by atoms with Crippen LogP contribution in [0, 0.1) is 0 Å². The van der Waals surface area contributed by atoms with E-state index < -0.39 is 5.97 Å². The first kappa shape index (κ1) is 16.8. The zero-order valence-electron chi connectivity index (χ0n) is 15.4. The molecule has 0 atom stereocenters. The van der Waals surface area contributed by atoms with E-state index in [1.165, 1.54) is 30.2 Å². The maximum atomic E-state index is 11.2. The Hall–Kier alpha value is -3.40. The van der Waals surface area contributed by atoms with Crippen LogP contribution in [0.2, 0.25) is 0 Å². The molecule has 0 amide bonds. The Morgan fingerprint density at radius 1 is 1.04 bits per heavy atom. The van der Waals surface area contributed by atoms with Gasteiger partial charge in [-0.25, -0.2) is 4.79 Å². The molecule has 1 saturated carbocycles. The first-order valence-electron chi connectivity index (χ1n) is 9.60. The largest absolute Gasteiger partial charge is 0.478 e. The van der Waals surface area contributed by atoms with E-state index in [9.17, 15) is 9.90 Å². The van der Waals surface area contributed by atoms with Crippen molar-refractivity contribution in [2.75, 3.05) is 0 Å². The minimum atomic E-state index is -0.913. The summed E-state index contributed by atoms with van der Waals surface area (Å²) in [4.78, 5) is 15.5. The van der Waals surface area contributed by atoms with Crippen LogP contribution in [0.3, 0.4) is 0 Å². The fourth-order valence-electron chi connectivity index (χ4n) is 3.99. The zero-order valence-corrected chi connectivity index (χ0v) is 15.4. The van der Waals surface area contributed by atoms with Gasteiger partial charge in [0.2, 0.25) is 0 Å². The van der Waals surface area contributed by atoms with E-state index >= 15 is 0 Å². The van der Waals surface area contributed by atoms with Crippen LogP contribution in [0.4, 0.5) is 0 Å². The van der Waals surface area contributed by atoms with Gasteiger partial charge in [-0.05, 0) is 72.4 Å². The number of hydrogen-bond donors (Lipinski definition) is 1. The number of hydrogen-bond acceptors (Lipinski definition) is 2. The van der Waals surface area contributed by atoms with E-state index in [0.29, 0.717) is 11.5 Å². The molecule has 0 spiro atoms. The van der Waals surface area contributed by atoms with Gasteiger partial charge in [0.15, 0.2) is 0 Å². The molecule has 0 radical (unpaired) electrons. The Labute approximate surface area is 163 Å². The average molecular weight is 368 g/mol. The van der Waals surface area contributed by atoms with E-state index in [-0.39, 0.29) is 0 Å². The first-order valence-corrected chi connectivity index (χ1v) is 9.60. The topological polar surface area (TPSA) is 55.1 Å². The number of rotatable bonds is 4. The number of carbonyl (C=O) groups is 1. The van der Waals surface area contributed by atoms with Crippen molar-refractivity contribution < 1.29 is 9.90 Å². The second-order valence-corrected chi connectivity index (χ2v) is 7.40. The van der Waals surface area contributed by atoms with Crippen LogP contribution in [0.5, 0.6) is 0 Å². The molecule has 4 heteroatoms. The third-order valence-electron chi connectivity index (χ3n) is 5.73. The standard InChI is InChI=1S/C24H20N2O2/c27-24(28)18-8-6-17(7-9-18)23-14-20-13-19(16-3-1-4-16)10-11-22(20)26(23)21-5-2-12-25-15-21/h2,5-16H,1,3-4H2,(H,27,28). The first-order chi connectivity index (χ1) is 13.7. The van der Waals surface area contributed by atoms with Crippen molar-refractivity contribution >= 4 is 16.9 Å². The maximum absolute atomic E-state index is 11.2. The highest BCUT2D eigenvalue weighted by atomic mass is 16.4. The van der Waals surface area contributed by atoms with Crippen molar-refractivity contribution in [2.45, 2.75) is 25.2 Å². The van der Waals surface area contributed by atoms with E-state index in [2.05, 4.69) is 33.8 Å². The predicted octanol–water partition coefficient (Wildman–Crippen LogP) is 5.66. The van der Waals surface area contributed by atoms with Crippen LogP contribution in [0.25, 0.3) is 27.8 Å². The number of aromatic carboxylic acids is 1. The second kappa shape index (κ2) is 6.64. The van der Waals surface area contributed by atoms with Crippen molar-refractivity contribution in [1.82, 2.24) is 9.55 Å². The van der Waals surface area contributed by atoms with Gasteiger partial charge in [0.05, 0.1) is 28.7 Å². The number of benzene rings is 2. The number of fused-ring (bicyclic) bond motifs is 1. The molecule has 2 aromatic heterocycles. The molecule has 138 valence electrons. The number of aromatic nitrogens is 2. The van der Waals surface area contributed by atoms with Crippen LogP contribution in [-0.2, 0) is 0 Å². The SMILES string of the molecule is O=C(O)c1ccc(-c2cc3cc(C4CCC4)ccc3n2-c2cccnc2)cc1. The van der Waals surface area contributed by atoms with Crippen LogP contribution in [-0.4, -0.2) is 20.6 Å². The normalized spacial score (nSPS) is 14.1. The van der Waals surface area contributed by atoms with Crippen LogP contribution < -0.4 is 0 Å². The molecule has 2 aromatic carbocycles. The molecule has 1 fully saturated rings. The lowest BCUT2D eigenvalue weighted by molar-refractivity contribution is 0.0697. The maximum Gasteiger partial charge on any atom is 0.335 e. The quantitative estimate of drug-likeness (QED) is 0.506. The summed E-state index contributed by atoms with van der Waals surface area (Å²) in [6, 6.07) is 20.0. The van der Waals surface area contributed by atoms with Gasteiger partial charge in [-0.15, -0.1) is 0 Å². The fraction of sp³-hybridized carbons (Fsp3) is 0.167. The van der Waals surface area contributed by atoms with Gasteiger partial charge in [0, 0.05) is 11.6 Å². The number of pyridine rings is 1. The van der Waals surface area contributed by atoms with Gasteiger partial charge in [-0.3, -0.25) is 4.98 Å². The molecule has 5 rings (SSSR count). The average Bonchev–Trinajstić information content (AvgIpc) is 3.06. The Morgan fingerprint density at radius 3 is 2.50 bits per heavy atom. The zero-order chi connectivity index (χ0) is 19.1. The molecule has 4 nitrogen and oxygen atoms in total. The summed E-state index contributed by atoms with van der Waals surface area (Å²) in [5, 5.41) is 10.4. The molecule has 1 N–H and O–H groups in total. The lowest BCUT2D eigenvalue weighted by atomic mass is 9.80.